The Hall–Kier alpha value is -5.03. The van der Waals surface area contributed by atoms with Crippen molar-refractivity contribution in [1.29, 1.82) is 0 Å². The molecule has 2 aliphatic heterocycles. The van der Waals surface area contributed by atoms with Crippen molar-refractivity contribution in [1.82, 2.24) is 14.7 Å². The van der Waals surface area contributed by atoms with Gasteiger partial charge >= 0.3 is 25.7 Å². The fraction of sp³-hybridized carbons (Fsp3) is 0.542. The van der Waals surface area contributed by atoms with E-state index >= 15 is 0 Å². The molecule has 0 aliphatic carbocycles. The summed E-state index contributed by atoms with van der Waals surface area (Å²) in [5.41, 5.74) is -1.79. The van der Waals surface area contributed by atoms with Gasteiger partial charge in [0.2, 0.25) is 12.5 Å². The SMILES string of the molecule is C[P+](=O)c1ccc2c(c1)C1(OC2=O)c2cc(CCC(=O)NCCCCCCO)c(OC(=O)C(C)(C)C)c(Cl)c2Oc2cc(OC(=O)C(C)(C)C)c3ccccc3c21.[C-]#[N+]CCOP(N(C(C)C)C(C)C)N(C(C)C)C(C)C. The van der Waals surface area contributed by atoms with E-state index in [1.54, 1.807) is 96.7 Å². The zero-order chi connectivity index (χ0) is 57.3. The summed E-state index contributed by atoms with van der Waals surface area (Å²) in [5.74, 6) is -1.58. The van der Waals surface area contributed by atoms with Crippen LogP contribution in [0.25, 0.3) is 15.6 Å². The van der Waals surface area contributed by atoms with E-state index in [0.717, 1.165) is 19.3 Å². The number of aliphatic hydroxyl groups excluding tert-OH is 1. The summed E-state index contributed by atoms with van der Waals surface area (Å²) in [4.78, 5) is 57.3. The number of fused-ring (bicyclic) bond motifs is 8. The van der Waals surface area contributed by atoms with Crippen molar-refractivity contribution in [2.45, 2.75) is 165 Å². The lowest BCUT2D eigenvalue weighted by atomic mass is 9.75. The van der Waals surface area contributed by atoms with E-state index in [0.29, 0.717) is 88.6 Å². The molecule has 0 saturated heterocycles. The number of hydrogen-bond acceptors (Lipinski definition) is 13. The van der Waals surface area contributed by atoms with E-state index in [2.05, 4.69) is 74.9 Å². The Morgan fingerprint density at radius 1 is 0.831 bits per heavy atom. The number of aryl methyl sites for hydroxylation is 1. The zero-order valence-corrected chi connectivity index (χ0v) is 50.3. The van der Waals surface area contributed by atoms with Crippen molar-refractivity contribution in [2.24, 2.45) is 10.8 Å². The number of carbonyl (C=O) groups excluding carboxylic acids is 4. The van der Waals surface area contributed by atoms with Crippen LogP contribution in [0.1, 0.15) is 162 Å². The van der Waals surface area contributed by atoms with Gasteiger partial charge in [-0.2, -0.15) is 0 Å². The maximum Gasteiger partial charge on any atom is 0.373 e. The smallest absolute Gasteiger partial charge is 0.373 e. The largest absolute Gasteiger partial charge is 0.455 e. The van der Waals surface area contributed by atoms with Gasteiger partial charge in [-0.25, -0.2) is 20.7 Å². The van der Waals surface area contributed by atoms with Gasteiger partial charge in [-0.3, -0.25) is 14.4 Å². The number of hydrogen-bond donors (Lipinski definition) is 2. The first-order valence-electron chi connectivity index (χ1n) is 26.7. The van der Waals surface area contributed by atoms with Gasteiger partial charge in [0.15, 0.2) is 30.9 Å². The fourth-order valence-corrected chi connectivity index (χ4v) is 12.5. The highest BCUT2D eigenvalue weighted by atomic mass is 35.5. The highest BCUT2D eigenvalue weighted by Gasteiger charge is 2.56. The van der Waals surface area contributed by atoms with E-state index in [1.165, 1.54) is 0 Å². The van der Waals surface area contributed by atoms with Crippen molar-refractivity contribution in [3.8, 4) is 23.0 Å². The molecule has 0 bridgehead atoms. The molecule has 0 radical (unpaired) electrons. The van der Waals surface area contributed by atoms with Gasteiger partial charge < -0.3 is 38.7 Å². The molecule has 18 heteroatoms. The van der Waals surface area contributed by atoms with Crippen LogP contribution < -0.4 is 24.8 Å². The summed E-state index contributed by atoms with van der Waals surface area (Å²) in [5, 5.41) is 13.5. The van der Waals surface area contributed by atoms with Crippen molar-refractivity contribution in [2.75, 3.05) is 33.0 Å². The number of amides is 1. The lowest BCUT2D eigenvalue weighted by molar-refractivity contribution is -0.143. The molecule has 0 fully saturated rings. The number of carbonyl (C=O) groups is 4. The second kappa shape index (κ2) is 26.7. The molecule has 1 spiro atoms. The molecule has 4 aromatic carbocycles. The predicted molar refractivity (Wildman–Crippen MR) is 306 cm³/mol. The highest BCUT2D eigenvalue weighted by Crippen LogP contribution is 2.62. The molecule has 2 N–H and O–H groups in total. The monoisotopic (exact) mass is 1120 g/mol. The van der Waals surface area contributed by atoms with Crippen molar-refractivity contribution in [3.05, 3.63) is 98.9 Å². The topological polar surface area (TPSA) is 175 Å². The molecule has 2 aliphatic rings. The number of esters is 3. The molecule has 0 saturated carbocycles. The summed E-state index contributed by atoms with van der Waals surface area (Å²) >= 11 is 7.27. The molecule has 4 aromatic rings. The van der Waals surface area contributed by atoms with Crippen LogP contribution in [0.15, 0.2) is 54.6 Å². The predicted octanol–water partition coefficient (Wildman–Crippen LogP) is 13.0. The van der Waals surface area contributed by atoms with Crippen LogP contribution in [0, 0.1) is 17.4 Å². The van der Waals surface area contributed by atoms with Crippen molar-refractivity contribution < 1.29 is 52.3 Å². The summed E-state index contributed by atoms with van der Waals surface area (Å²) < 4.78 is 49.3. The van der Waals surface area contributed by atoms with E-state index in [9.17, 15) is 23.7 Å². The first kappa shape index (κ1) is 62.8. The van der Waals surface area contributed by atoms with Gasteiger partial charge in [0.05, 0.1) is 22.0 Å². The van der Waals surface area contributed by atoms with E-state index in [1.807, 2.05) is 6.07 Å². The minimum Gasteiger partial charge on any atom is -0.455 e. The summed E-state index contributed by atoms with van der Waals surface area (Å²) in [7, 11) is -2.69. The van der Waals surface area contributed by atoms with Crippen LogP contribution in [0.4, 0.5) is 0 Å². The fourth-order valence-electron chi connectivity index (χ4n) is 9.30. The Balaban J connectivity index is 0.000000463. The Bertz CT molecular complexity index is 2820. The third kappa shape index (κ3) is 14.6. The summed E-state index contributed by atoms with van der Waals surface area (Å²) in [6.07, 6.45) is 3.28. The van der Waals surface area contributed by atoms with E-state index < -0.39 is 50.6 Å². The molecule has 6 rings (SSSR count). The van der Waals surface area contributed by atoms with Crippen molar-refractivity contribution in [3.63, 3.8) is 0 Å². The van der Waals surface area contributed by atoms with Crippen LogP contribution in [-0.4, -0.2) is 95.4 Å². The van der Waals surface area contributed by atoms with E-state index in [4.69, 9.17) is 46.8 Å². The second-order valence-corrected chi connectivity index (χ2v) is 26.2. The molecule has 418 valence electrons. The number of benzene rings is 4. The number of ether oxygens (including phenoxy) is 4. The molecular formula is C59H80ClN4O11P2+. The van der Waals surface area contributed by atoms with E-state index in [-0.39, 0.29) is 58.9 Å². The summed E-state index contributed by atoms with van der Waals surface area (Å²) in [6.45, 7) is 38.1. The number of halogens is 1. The quantitative estimate of drug-likeness (QED) is 0.0265. The van der Waals surface area contributed by atoms with Crippen LogP contribution in [0.2, 0.25) is 5.02 Å². The lowest BCUT2D eigenvalue weighted by Crippen LogP contribution is -2.43. The Morgan fingerprint density at radius 3 is 1.97 bits per heavy atom. The van der Waals surface area contributed by atoms with Gasteiger partial charge in [0.25, 0.3) is 0 Å². The summed E-state index contributed by atoms with van der Waals surface area (Å²) in [6, 6.07) is 17.1. The van der Waals surface area contributed by atoms with Gasteiger partial charge in [-0.05, 0) is 145 Å². The minimum atomic E-state index is -1.86. The van der Waals surface area contributed by atoms with Gasteiger partial charge in [0, 0.05) is 72.4 Å². The second-order valence-electron chi connectivity index (χ2n) is 22.6. The van der Waals surface area contributed by atoms with Gasteiger partial charge in [0.1, 0.15) is 29.8 Å². The first-order valence-corrected chi connectivity index (χ1v) is 29.9. The maximum absolute atomic E-state index is 14.0. The number of nitrogens with zero attached hydrogens (tertiary/aromatic N) is 3. The molecule has 1 amide bonds. The van der Waals surface area contributed by atoms with Gasteiger partial charge in [-0.1, -0.05) is 53.3 Å². The average molecular weight is 1120 g/mol. The number of rotatable bonds is 21. The molecule has 2 heterocycles. The Labute approximate surface area is 463 Å². The third-order valence-electron chi connectivity index (χ3n) is 13.0. The standard InChI is InChI=1S/C44H47ClNO10P.C15H32N3OP/c1-42(2,3)40(50)54-32-24-33-35(28-15-11-10-14-27(28)32)44(30-23-26(57(7)52)17-18-29(30)39(49)56-44)31-22-25(16-19-34(48)46-20-12-8-9-13-21-47)37(36(45)38(31)53-33)55-41(51)43(4,5)6;1-12(2)17(13(3)4)20(19-11-10-16-9)18(14(5)6)15(7)8/h10-11,14-15,17-18,22-24,47H,8-9,12-13,16,19-21H2,1-7H3;12-15H,10-11H2,1-8H3/p+1. The highest BCUT2D eigenvalue weighted by molar-refractivity contribution is 7.52. The van der Waals surface area contributed by atoms with Crippen LogP contribution in [0.5, 0.6) is 23.0 Å². The minimum absolute atomic E-state index is 0.0124. The van der Waals surface area contributed by atoms with Crippen LogP contribution in [-0.2, 0) is 40.2 Å². The molecular weight excluding hydrogens is 1040 g/mol. The number of aliphatic hydroxyl groups is 1. The lowest BCUT2D eigenvalue weighted by Gasteiger charge is -2.45. The zero-order valence-electron chi connectivity index (χ0n) is 47.7. The molecule has 2 atom stereocenters. The molecule has 77 heavy (non-hydrogen) atoms. The first-order chi connectivity index (χ1) is 36.1. The van der Waals surface area contributed by atoms with Crippen LogP contribution >= 0.6 is 27.9 Å². The number of nitrogens with one attached hydrogen (secondary N) is 1. The maximum atomic E-state index is 14.0. The Morgan fingerprint density at radius 2 is 1.42 bits per heavy atom. The molecule has 2 unspecified atom stereocenters. The molecule has 15 nitrogen and oxygen atoms in total. The van der Waals surface area contributed by atoms with Crippen molar-refractivity contribution >= 4 is 67.7 Å². The average Bonchev–Trinajstić information content (AvgIpc) is 3.81. The normalized spacial score (nSPS) is 15.1. The third-order valence-corrected chi connectivity index (χ3v) is 17.4. The molecule has 0 aromatic heterocycles. The van der Waals surface area contributed by atoms with Crippen LogP contribution in [0.3, 0.4) is 0 Å². The van der Waals surface area contributed by atoms with Gasteiger partial charge in [-0.15, -0.1) is 0 Å². The number of unbranched alkanes of at least 4 members (excludes halogenated alkanes) is 3. The Kier molecular flexibility index (Phi) is 21.8.